The molecule has 0 nitrogen and oxygen atoms in total. The first-order valence-corrected chi connectivity index (χ1v) is 5.01. The van der Waals surface area contributed by atoms with Gasteiger partial charge < -0.3 is 0 Å². The number of rotatable bonds is 2. The van der Waals surface area contributed by atoms with Crippen LogP contribution in [0.2, 0.25) is 0 Å². The van der Waals surface area contributed by atoms with E-state index in [9.17, 15) is 0 Å². The summed E-state index contributed by atoms with van der Waals surface area (Å²) < 4.78 is 0. The van der Waals surface area contributed by atoms with Gasteiger partial charge >= 0.3 is 0 Å². The minimum Gasteiger partial charge on any atom is -0.103 e. The Kier molecular flexibility index (Phi) is 2.22. The number of benzene rings is 1. The van der Waals surface area contributed by atoms with E-state index in [0.29, 0.717) is 5.92 Å². The molecule has 0 amide bonds. The highest BCUT2D eigenvalue weighted by Gasteiger charge is 2.27. The molecule has 13 heavy (non-hydrogen) atoms. The Labute approximate surface area is 80.3 Å². The summed E-state index contributed by atoms with van der Waals surface area (Å²) in [6.45, 7) is 6.15. The molecule has 0 bridgehead atoms. The minimum atomic E-state index is 0.717. The van der Waals surface area contributed by atoms with Gasteiger partial charge in [0.05, 0.1) is 0 Å². The molecule has 1 aromatic carbocycles. The molecule has 2 atom stereocenters. The van der Waals surface area contributed by atoms with Crippen LogP contribution in [0.25, 0.3) is 0 Å². The van der Waals surface area contributed by atoms with Gasteiger partial charge in [0.15, 0.2) is 0 Å². The van der Waals surface area contributed by atoms with Crippen LogP contribution >= 0.6 is 0 Å². The maximum absolute atomic E-state index is 3.82. The lowest BCUT2D eigenvalue weighted by Crippen LogP contribution is -2.02. The lowest BCUT2D eigenvalue weighted by molar-refractivity contribution is 0.489. The van der Waals surface area contributed by atoms with Gasteiger partial charge in [0, 0.05) is 0 Å². The van der Waals surface area contributed by atoms with E-state index in [1.165, 1.54) is 6.42 Å². The lowest BCUT2D eigenvalue weighted by atomic mass is 9.92. The third kappa shape index (κ3) is 1.41. The van der Waals surface area contributed by atoms with Crippen molar-refractivity contribution in [1.29, 1.82) is 0 Å². The van der Waals surface area contributed by atoms with E-state index < -0.39 is 0 Å². The molecular formula is C13H16. The molecule has 1 aliphatic carbocycles. The summed E-state index contributed by atoms with van der Waals surface area (Å²) in [4.78, 5) is 0. The van der Waals surface area contributed by atoms with Crippen LogP contribution in [0.3, 0.4) is 0 Å². The van der Waals surface area contributed by atoms with Crippen LogP contribution in [0.5, 0.6) is 0 Å². The monoisotopic (exact) mass is 172 g/mol. The quantitative estimate of drug-likeness (QED) is 0.598. The molecular weight excluding hydrogens is 156 g/mol. The van der Waals surface area contributed by atoms with Gasteiger partial charge in [-0.05, 0) is 35.8 Å². The normalized spacial score (nSPS) is 25.6. The highest BCUT2D eigenvalue weighted by molar-refractivity contribution is 5.35. The summed E-state index contributed by atoms with van der Waals surface area (Å²) in [5, 5.41) is 0. The fourth-order valence-corrected chi connectivity index (χ4v) is 2.38. The van der Waals surface area contributed by atoms with Crippen molar-refractivity contribution in [2.45, 2.75) is 25.7 Å². The fraction of sp³-hybridized carbons (Fsp3) is 0.385. The van der Waals surface area contributed by atoms with E-state index in [1.807, 2.05) is 6.08 Å². The topological polar surface area (TPSA) is 0 Å². The maximum Gasteiger partial charge on any atom is -0.0153 e. The van der Waals surface area contributed by atoms with Gasteiger partial charge in [-0.1, -0.05) is 37.3 Å². The first-order valence-electron chi connectivity index (χ1n) is 5.01. The molecule has 1 aromatic rings. The third-order valence-electron chi connectivity index (χ3n) is 3.20. The Balaban J connectivity index is 2.27. The maximum atomic E-state index is 3.82. The Morgan fingerprint density at radius 1 is 1.46 bits per heavy atom. The van der Waals surface area contributed by atoms with Crippen LogP contribution in [0.4, 0.5) is 0 Å². The fourth-order valence-electron chi connectivity index (χ4n) is 2.38. The Morgan fingerprint density at radius 3 is 2.92 bits per heavy atom. The Bertz CT molecular complexity index is 312. The first-order chi connectivity index (χ1) is 6.33. The summed E-state index contributed by atoms with van der Waals surface area (Å²) >= 11 is 0. The largest absolute Gasteiger partial charge is 0.103 e. The number of hydrogen-bond donors (Lipinski definition) is 0. The lowest BCUT2D eigenvalue weighted by Gasteiger charge is -2.12. The van der Waals surface area contributed by atoms with Crippen LogP contribution < -0.4 is 0 Å². The van der Waals surface area contributed by atoms with Crippen LogP contribution in [0.1, 0.15) is 30.4 Å². The van der Waals surface area contributed by atoms with Gasteiger partial charge in [0.25, 0.3) is 0 Å². The second-order valence-electron chi connectivity index (χ2n) is 3.98. The SMILES string of the molecule is C=CCC1Cc2ccccc2C1C. The second-order valence-corrected chi connectivity index (χ2v) is 3.98. The van der Waals surface area contributed by atoms with Crippen molar-refractivity contribution in [3.63, 3.8) is 0 Å². The van der Waals surface area contributed by atoms with E-state index >= 15 is 0 Å². The summed E-state index contributed by atoms with van der Waals surface area (Å²) in [6, 6.07) is 8.81. The molecule has 2 rings (SSSR count). The first kappa shape index (κ1) is 8.55. The van der Waals surface area contributed by atoms with Crippen molar-refractivity contribution >= 4 is 0 Å². The van der Waals surface area contributed by atoms with Crippen molar-refractivity contribution in [3.05, 3.63) is 48.0 Å². The van der Waals surface area contributed by atoms with Crippen LogP contribution in [-0.4, -0.2) is 0 Å². The Morgan fingerprint density at radius 2 is 2.23 bits per heavy atom. The summed E-state index contributed by atoms with van der Waals surface area (Å²) in [6.07, 6.45) is 4.44. The summed E-state index contributed by atoms with van der Waals surface area (Å²) in [7, 11) is 0. The van der Waals surface area contributed by atoms with Crippen LogP contribution in [0.15, 0.2) is 36.9 Å². The second kappa shape index (κ2) is 3.37. The Hall–Kier alpha value is -1.04. The number of allylic oxidation sites excluding steroid dienone is 1. The van der Waals surface area contributed by atoms with E-state index in [0.717, 1.165) is 12.3 Å². The summed E-state index contributed by atoms with van der Waals surface area (Å²) in [5.41, 5.74) is 3.09. The van der Waals surface area contributed by atoms with Crippen molar-refractivity contribution in [2.75, 3.05) is 0 Å². The summed E-state index contributed by atoms with van der Waals surface area (Å²) in [5.74, 6) is 1.50. The smallest absolute Gasteiger partial charge is 0.0153 e. The molecule has 0 fully saturated rings. The molecule has 0 aromatic heterocycles. The molecule has 2 unspecified atom stereocenters. The van der Waals surface area contributed by atoms with Gasteiger partial charge in [-0.3, -0.25) is 0 Å². The molecule has 0 N–H and O–H groups in total. The number of hydrogen-bond acceptors (Lipinski definition) is 0. The van der Waals surface area contributed by atoms with E-state index in [4.69, 9.17) is 0 Å². The molecule has 0 saturated heterocycles. The van der Waals surface area contributed by atoms with E-state index in [1.54, 1.807) is 11.1 Å². The average molecular weight is 172 g/mol. The van der Waals surface area contributed by atoms with Gasteiger partial charge in [0.1, 0.15) is 0 Å². The molecule has 68 valence electrons. The molecule has 0 heteroatoms. The van der Waals surface area contributed by atoms with Crippen LogP contribution in [0, 0.1) is 5.92 Å². The molecule has 0 saturated carbocycles. The highest BCUT2D eigenvalue weighted by atomic mass is 14.3. The minimum absolute atomic E-state index is 0.717. The van der Waals surface area contributed by atoms with Crippen molar-refractivity contribution in [1.82, 2.24) is 0 Å². The zero-order valence-electron chi connectivity index (χ0n) is 8.16. The number of fused-ring (bicyclic) bond motifs is 1. The van der Waals surface area contributed by atoms with Crippen molar-refractivity contribution in [3.8, 4) is 0 Å². The molecule has 1 aliphatic rings. The van der Waals surface area contributed by atoms with Crippen molar-refractivity contribution in [2.24, 2.45) is 5.92 Å². The van der Waals surface area contributed by atoms with Gasteiger partial charge in [-0.25, -0.2) is 0 Å². The molecule has 0 spiro atoms. The molecule has 0 heterocycles. The predicted octanol–water partition coefficient (Wildman–Crippen LogP) is 3.54. The van der Waals surface area contributed by atoms with Gasteiger partial charge in [0.2, 0.25) is 0 Å². The molecule has 0 radical (unpaired) electrons. The zero-order chi connectivity index (χ0) is 9.26. The van der Waals surface area contributed by atoms with Gasteiger partial charge in [-0.2, -0.15) is 0 Å². The van der Waals surface area contributed by atoms with E-state index in [2.05, 4.69) is 37.8 Å². The highest BCUT2D eigenvalue weighted by Crippen LogP contribution is 2.39. The standard InChI is InChI=1S/C13H16/c1-3-6-11-9-12-7-4-5-8-13(12)10(11)2/h3-5,7-8,10-11H,1,6,9H2,2H3. The van der Waals surface area contributed by atoms with Crippen LogP contribution in [-0.2, 0) is 6.42 Å². The molecule has 0 aliphatic heterocycles. The zero-order valence-corrected chi connectivity index (χ0v) is 8.16. The van der Waals surface area contributed by atoms with E-state index in [-0.39, 0.29) is 0 Å². The predicted molar refractivity (Wildman–Crippen MR) is 56.9 cm³/mol. The third-order valence-corrected chi connectivity index (χ3v) is 3.20. The van der Waals surface area contributed by atoms with Crippen molar-refractivity contribution < 1.29 is 0 Å². The average Bonchev–Trinajstić information content (AvgIpc) is 2.46. The van der Waals surface area contributed by atoms with Gasteiger partial charge in [-0.15, -0.1) is 6.58 Å².